The lowest BCUT2D eigenvalue weighted by molar-refractivity contribution is -0.118. The number of carbonyl (C=O) groups excluding carboxylic acids is 1. The van der Waals surface area contributed by atoms with Crippen LogP contribution in [0.4, 0.5) is 0 Å². The molecule has 0 unspecified atom stereocenters. The second-order valence-electron chi connectivity index (χ2n) is 6.23. The second kappa shape index (κ2) is 10.8. The van der Waals surface area contributed by atoms with Crippen molar-refractivity contribution in [1.29, 1.82) is 0 Å². The molecule has 0 saturated heterocycles. The standard InChI is InChI=1S/C19H30N4OS2/c1-5-15-12-16-18(21-14(4)22-19(16)26-15)25-13-17(24)20-10-8-9-11-23(6-2)7-3/h12H,5-11,13H2,1-4H3,(H,20,24). The smallest absolute Gasteiger partial charge is 0.230 e. The number of nitrogens with zero attached hydrogens (tertiary/aromatic N) is 3. The third-order valence-corrected chi connectivity index (χ3v) is 6.49. The van der Waals surface area contributed by atoms with Gasteiger partial charge in [0.15, 0.2) is 0 Å². The average molecular weight is 395 g/mol. The molecular formula is C19H30N4OS2. The van der Waals surface area contributed by atoms with Crippen LogP contribution in [-0.4, -0.2) is 52.7 Å². The number of nitrogens with one attached hydrogen (secondary N) is 1. The van der Waals surface area contributed by atoms with E-state index < -0.39 is 0 Å². The Kier molecular flexibility index (Phi) is 8.81. The Bertz CT molecular complexity index is 713. The minimum Gasteiger partial charge on any atom is -0.355 e. The van der Waals surface area contributed by atoms with E-state index in [0.717, 1.165) is 66.5 Å². The molecule has 0 spiro atoms. The van der Waals surface area contributed by atoms with Gasteiger partial charge in [-0.25, -0.2) is 9.97 Å². The molecule has 0 aliphatic rings. The molecule has 0 saturated carbocycles. The van der Waals surface area contributed by atoms with Gasteiger partial charge in [-0.3, -0.25) is 4.79 Å². The molecule has 0 bridgehead atoms. The number of carbonyl (C=O) groups is 1. The van der Waals surface area contributed by atoms with E-state index in [1.54, 1.807) is 11.3 Å². The summed E-state index contributed by atoms with van der Waals surface area (Å²) in [4.78, 5) is 25.9. The van der Waals surface area contributed by atoms with Gasteiger partial charge in [0.05, 0.1) is 5.75 Å². The number of rotatable bonds is 11. The van der Waals surface area contributed by atoms with Crippen molar-refractivity contribution in [3.05, 3.63) is 16.8 Å². The molecule has 144 valence electrons. The minimum absolute atomic E-state index is 0.0770. The summed E-state index contributed by atoms with van der Waals surface area (Å²) in [6, 6.07) is 2.16. The van der Waals surface area contributed by atoms with Crippen LogP contribution in [0.15, 0.2) is 11.1 Å². The van der Waals surface area contributed by atoms with Gasteiger partial charge in [0.25, 0.3) is 0 Å². The third kappa shape index (κ3) is 6.21. The fraction of sp³-hybridized carbons (Fsp3) is 0.632. The van der Waals surface area contributed by atoms with Gasteiger partial charge in [0.2, 0.25) is 5.91 Å². The molecule has 0 aliphatic heterocycles. The Balaban J connectivity index is 1.79. The van der Waals surface area contributed by atoms with Gasteiger partial charge >= 0.3 is 0 Å². The van der Waals surface area contributed by atoms with Crippen LogP contribution in [-0.2, 0) is 11.2 Å². The monoisotopic (exact) mass is 394 g/mol. The van der Waals surface area contributed by atoms with E-state index in [1.807, 2.05) is 6.92 Å². The van der Waals surface area contributed by atoms with Gasteiger partial charge in [0.1, 0.15) is 15.7 Å². The van der Waals surface area contributed by atoms with Crippen molar-refractivity contribution in [2.45, 2.75) is 52.0 Å². The van der Waals surface area contributed by atoms with Gasteiger partial charge in [-0.05, 0) is 51.9 Å². The first kappa shape index (κ1) is 21.1. The molecule has 1 amide bonds. The largest absolute Gasteiger partial charge is 0.355 e. The van der Waals surface area contributed by atoms with E-state index in [2.05, 4.69) is 47.0 Å². The van der Waals surface area contributed by atoms with E-state index in [9.17, 15) is 4.79 Å². The maximum atomic E-state index is 12.1. The van der Waals surface area contributed by atoms with Crippen LogP contribution in [0.2, 0.25) is 0 Å². The Labute approximate surface area is 165 Å². The van der Waals surface area contributed by atoms with Gasteiger partial charge in [-0.15, -0.1) is 11.3 Å². The number of unbranched alkanes of at least 4 members (excludes halogenated alkanes) is 1. The lowest BCUT2D eigenvalue weighted by Gasteiger charge is -2.17. The van der Waals surface area contributed by atoms with E-state index in [0.29, 0.717) is 5.75 Å². The number of amides is 1. The number of aromatic nitrogens is 2. The highest BCUT2D eigenvalue weighted by Gasteiger charge is 2.12. The summed E-state index contributed by atoms with van der Waals surface area (Å²) < 4.78 is 0. The Hall–Kier alpha value is -1.18. The fourth-order valence-corrected chi connectivity index (χ4v) is 4.70. The van der Waals surface area contributed by atoms with Crippen molar-refractivity contribution in [3.8, 4) is 0 Å². The quantitative estimate of drug-likeness (QED) is 0.356. The van der Waals surface area contributed by atoms with Crippen molar-refractivity contribution < 1.29 is 4.79 Å². The van der Waals surface area contributed by atoms with Crippen LogP contribution in [0.25, 0.3) is 10.2 Å². The molecule has 2 aromatic rings. The summed E-state index contributed by atoms with van der Waals surface area (Å²) in [7, 11) is 0. The molecule has 2 heterocycles. The topological polar surface area (TPSA) is 58.1 Å². The molecule has 7 heteroatoms. The highest BCUT2D eigenvalue weighted by Crippen LogP contribution is 2.31. The van der Waals surface area contributed by atoms with E-state index >= 15 is 0 Å². The third-order valence-electron chi connectivity index (χ3n) is 4.33. The first-order chi connectivity index (χ1) is 12.6. The molecule has 2 rings (SSSR count). The molecule has 0 aromatic carbocycles. The number of hydrogen-bond acceptors (Lipinski definition) is 6. The number of thiophene rings is 1. The molecule has 0 aliphatic carbocycles. The van der Waals surface area contributed by atoms with Gasteiger partial charge in [-0.2, -0.15) is 0 Å². The van der Waals surface area contributed by atoms with Crippen LogP contribution in [0.1, 0.15) is 44.3 Å². The molecule has 0 atom stereocenters. The van der Waals surface area contributed by atoms with E-state index in [1.165, 1.54) is 16.6 Å². The first-order valence-corrected chi connectivity index (χ1v) is 11.3. The van der Waals surface area contributed by atoms with E-state index in [4.69, 9.17) is 0 Å². The molecule has 0 fully saturated rings. The van der Waals surface area contributed by atoms with E-state index in [-0.39, 0.29) is 5.91 Å². The average Bonchev–Trinajstić information content (AvgIpc) is 3.05. The lowest BCUT2D eigenvalue weighted by atomic mass is 10.3. The zero-order valence-corrected chi connectivity index (χ0v) is 17.9. The summed E-state index contributed by atoms with van der Waals surface area (Å²) in [6.07, 6.45) is 3.14. The highest BCUT2D eigenvalue weighted by molar-refractivity contribution is 8.00. The zero-order valence-electron chi connectivity index (χ0n) is 16.3. The van der Waals surface area contributed by atoms with Crippen molar-refractivity contribution >= 4 is 39.2 Å². The molecule has 26 heavy (non-hydrogen) atoms. The SMILES string of the molecule is CCc1cc2c(SCC(=O)NCCCCN(CC)CC)nc(C)nc2s1. The number of aryl methyl sites for hydroxylation is 2. The molecular weight excluding hydrogens is 364 g/mol. The van der Waals surface area contributed by atoms with Crippen molar-refractivity contribution in [2.24, 2.45) is 0 Å². The summed E-state index contributed by atoms with van der Waals surface area (Å²) >= 11 is 3.22. The second-order valence-corrected chi connectivity index (χ2v) is 8.31. The highest BCUT2D eigenvalue weighted by atomic mass is 32.2. The van der Waals surface area contributed by atoms with Crippen molar-refractivity contribution in [1.82, 2.24) is 20.2 Å². The fourth-order valence-electron chi connectivity index (χ4n) is 2.74. The van der Waals surface area contributed by atoms with Crippen LogP contribution in [0.3, 0.4) is 0 Å². The minimum atomic E-state index is 0.0770. The lowest BCUT2D eigenvalue weighted by Crippen LogP contribution is -2.28. The summed E-state index contributed by atoms with van der Waals surface area (Å²) in [5, 5.41) is 5.02. The number of hydrogen-bond donors (Lipinski definition) is 1. The predicted molar refractivity (Wildman–Crippen MR) is 112 cm³/mol. The summed E-state index contributed by atoms with van der Waals surface area (Å²) in [5.41, 5.74) is 0. The van der Waals surface area contributed by atoms with Crippen LogP contribution in [0, 0.1) is 6.92 Å². The van der Waals surface area contributed by atoms with Crippen molar-refractivity contribution in [2.75, 3.05) is 31.9 Å². The first-order valence-electron chi connectivity index (χ1n) is 9.46. The Morgan fingerprint density at radius 2 is 2.00 bits per heavy atom. The van der Waals surface area contributed by atoms with Gasteiger partial charge < -0.3 is 10.2 Å². The molecule has 5 nitrogen and oxygen atoms in total. The van der Waals surface area contributed by atoms with Gasteiger partial charge in [-0.1, -0.05) is 32.5 Å². The van der Waals surface area contributed by atoms with Crippen LogP contribution < -0.4 is 5.32 Å². The summed E-state index contributed by atoms with van der Waals surface area (Å²) in [6.45, 7) is 12.5. The molecule has 2 aromatic heterocycles. The maximum Gasteiger partial charge on any atom is 0.230 e. The van der Waals surface area contributed by atoms with Crippen LogP contribution >= 0.6 is 23.1 Å². The molecule has 0 radical (unpaired) electrons. The normalized spacial score (nSPS) is 11.4. The number of thioether (sulfide) groups is 1. The van der Waals surface area contributed by atoms with Crippen LogP contribution in [0.5, 0.6) is 0 Å². The van der Waals surface area contributed by atoms with Crippen molar-refractivity contribution in [3.63, 3.8) is 0 Å². The number of fused-ring (bicyclic) bond motifs is 1. The summed E-state index contributed by atoms with van der Waals surface area (Å²) in [5.74, 6) is 1.24. The Morgan fingerprint density at radius 1 is 1.23 bits per heavy atom. The maximum absolute atomic E-state index is 12.1. The van der Waals surface area contributed by atoms with Gasteiger partial charge in [0, 0.05) is 16.8 Å². The Morgan fingerprint density at radius 3 is 2.69 bits per heavy atom. The molecule has 1 N–H and O–H groups in total. The predicted octanol–water partition coefficient (Wildman–Crippen LogP) is 3.89. The zero-order chi connectivity index (χ0) is 18.9.